The standard InChI is InChI=1S/C12H20N2O11P2S/c1-2-5-22-26(18,19)25-27(20,21)23-6-7-9(16)10(17)11(24-7)14-4-3-8(15)13-12(14)28/h3-4,7,9-11,16-17H,2,5-6H2,1H3,(H,18,19)(H,20,21)(H,13,15,28)/t7-,9-,10-,11-/m1/s1. The zero-order chi connectivity index (χ0) is 21.1. The third-order valence-electron chi connectivity index (χ3n) is 3.53. The molecule has 1 aromatic heterocycles. The highest BCUT2D eigenvalue weighted by Gasteiger charge is 2.45. The van der Waals surface area contributed by atoms with Crippen molar-refractivity contribution < 1.29 is 47.2 Å². The molecule has 13 nitrogen and oxygen atoms in total. The van der Waals surface area contributed by atoms with Crippen LogP contribution in [0.15, 0.2) is 17.1 Å². The van der Waals surface area contributed by atoms with Crippen LogP contribution in [0.4, 0.5) is 0 Å². The van der Waals surface area contributed by atoms with E-state index >= 15 is 0 Å². The van der Waals surface area contributed by atoms with Gasteiger partial charge in [0.1, 0.15) is 18.3 Å². The van der Waals surface area contributed by atoms with E-state index in [-0.39, 0.29) is 11.4 Å². The molecule has 0 spiro atoms. The van der Waals surface area contributed by atoms with E-state index in [9.17, 15) is 33.9 Å². The lowest BCUT2D eigenvalue weighted by atomic mass is 10.1. The Labute approximate surface area is 163 Å². The topological polar surface area (TPSA) is 190 Å². The van der Waals surface area contributed by atoms with Gasteiger partial charge in [0.05, 0.1) is 13.2 Å². The van der Waals surface area contributed by atoms with E-state index in [0.717, 1.165) is 6.07 Å². The molecule has 5 N–H and O–H groups in total. The fourth-order valence-electron chi connectivity index (χ4n) is 2.28. The summed E-state index contributed by atoms with van der Waals surface area (Å²) >= 11 is 4.95. The summed E-state index contributed by atoms with van der Waals surface area (Å²) < 4.78 is 42.9. The van der Waals surface area contributed by atoms with Gasteiger partial charge >= 0.3 is 15.6 Å². The van der Waals surface area contributed by atoms with Crippen LogP contribution in [-0.2, 0) is 27.2 Å². The van der Waals surface area contributed by atoms with Gasteiger partial charge < -0.3 is 24.7 Å². The van der Waals surface area contributed by atoms with Crippen molar-refractivity contribution in [1.82, 2.24) is 9.55 Å². The summed E-state index contributed by atoms with van der Waals surface area (Å²) in [5.41, 5.74) is -0.480. The highest BCUT2D eigenvalue weighted by molar-refractivity contribution is 7.71. The van der Waals surface area contributed by atoms with Crippen molar-refractivity contribution in [2.24, 2.45) is 0 Å². The molecule has 16 heteroatoms. The number of hydrogen-bond donors (Lipinski definition) is 5. The SMILES string of the molecule is CCCOP(=O)(O)OP(=O)(O)OC[C@H]1O[C@@H](n2ccc(=O)[nH]c2=S)[C@H](O)[C@@H]1O. The van der Waals surface area contributed by atoms with Gasteiger partial charge in [-0.25, -0.2) is 9.13 Å². The third kappa shape index (κ3) is 6.12. The fraction of sp³-hybridized carbons (Fsp3) is 0.667. The van der Waals surface area contributed by atoms with E-state index in [1.165, 1.54) is 10.8 Å². The van der Waals surface area contributed by atoms with Crippen LogP contribution in [0.5, 0.6) is 0 Å². The molecule has 2 unspecified atom stereocenters. The minimum absolute atomic E-state index is 0.0872. The molecule has 0 bridgehead atoms. The fourth-order valence-corrected chi connectivity index (χ4v) is 4.71. The Balaban J connectivity index is 2.03. The highest BCUT2D eigenvalue weighted by atomic mass is 32.1. The largest absolute Gasteiger partial charge is 0.481 e. The van der Waals surface area contributed by atoms with Crippen LogP contribution in [0.3, 0.4) is 0 Å². The first-order valence-corrected chi connectivity index (χ1v) is 11.3. The van der Waals surface area contributed by atoms with Crippen LogP contribution in [0.1, 0.15) is 19.6 Å². The summed E-state index contributed by atoms with van der Waals surface area (Å²) in [7, 11) is -9.88. The van der Waals surface area contributed by atoms with Crippen molar-refractivity contribution in [2.75, 3.05) is 13.2 Å². The number of H-pyrrole nitrogens is 1. The van der Waals surface area contributed by atoms with Gasteiger partial charge in [0.25, 0.3) is 5.56 Å². The first-order chi connectivity index (χ1) is 13.0. The lowest BCUT2D eigenvalue weighted by Gasteiger charge is -2.19. The summed E-state index contributed by atoms with van der Waals surface area (Å²) in [6.07, 6.45) is -4.01. The molecule has 2 heterocycles. The number of aromatic nitrogens is 2. The Hall–Kier alpha value is -0.760. The molecule has 1 saturated heterocycles. The lowest BCUT2D eigenvalue weighted by Crippen LogP contribution is -2.34. The van der Waals surface area contributed by atoms with Gasteiger partial charge in [-0.2, -0.15) is 4.31 Å². The maximum absolute atomic E-state index is 11.8. The molecule has 6 atom stereocenters. The van der Waals surface area contributed by atoms with Crippen molar-refractivity contribution in [2.45, 2.75) is 37.9 Å². The number of phosphoric acid groups is 2. The predicted molar refractivity (Wildman–Crippen MR) is 94.7 cm³/mol. The van der Waals surface area contributed by atoms with Crippen LogP contribution in [-0.4, -0.2) is 61.1 Å². The number of nitrogens with zero attached hydrogens (tertiary/aromatic N) is 1. The second-order valence-corrected chi connectivity index (χ2v) is 9.14. The minimum Gasteiger partial charge on any atom is -0.387 e. The second-order valence-electron chi connectivity index (χ2n) is 5.71. The predicted octanol–water partition coefficient (Wildman–Crippen LogP) is 0.186. The van der Waals surface area contributed by atoms with Crippen molar-refractivity contribution in [3.63, 3.8) is 0 Å². The Morgan fingerprint density at radius 3 is 2.50 bits per heavy atom. The molecule has 1 fully saturated rings. The average Bonchev–Trinajstić information content (AvgIpc) is 2.86. The van der Waals surface area contributed by atoms with E-state index in [0.29, 0.717) is 6.42 Å². The molecule has 1 aliphatic heterocycles. The van der Waals surface area contributed by atoms with Gasteiger partial charge in [-0.3, -0.25) is 23.4 Å². The maximum atomic E-state index is 11.8. The summed E-state index contributed by atoms with van der Waals surface area (Å²) in [6, 6.07) is 1.12. The quantitative estimate of drug-likeness (QED) is 0.248. The maximum Gasteiger partial charge on any atom is 0.481 e. The van der Waals surface area contributed by atoms with E-state index in [2.05, 4.69) is 18.3 Å². The van der Waals surface area contributed by atoms with E-state index < -0.39 is 52.4 Å². The monoisotopic (exact) mass is 462 g/mol. The molecule has 28 heavy (non-hydrogen) atoms. The summed E-state index contributed by atoms with van der Waals surface area (Å²) in [5.74, 6) is 0. The number of aliphatic hydroxyl groups is 2. The van der Waals surface area contributed by atoms with Gasteiger partial charge in [0.2, 0.25) is 0 Å². The average molecular weight is 462 g/mol. The van der Waals surface area contributed by atoms with Gasteiger partial charge in [0.15, 0.2) is 11.0 Å². The lowest BCUT2D eigenvalue weighted by molar-refractivity contribution is -0.0534. The first kappa shape index (κ1) is 23.5. The van der Waals surface area contributed by atoms with Gasteiger partial charge in [-0.15, -0.1) is 0 Å². The third-order valence-corrected chi connectivity index (χ3v) is 6.48. The van der Waals surface area contributed by atoms with Gasteiger partial charge in [-0.05, 0) is 18.6 Å². The Morgan fingerprint density at radius 2 is 1.89 bits per heavy atom. The molecular weight excluding hydrogens is 442 g/mol. The van der Waals surface area contributed by atoms with E-state index in [4.69, 9.17) is 17.0 Å². The molecule has 2 rings (SSSR count). The number of rotatable bonds is 9. The van der Waals surface area contributed by atoms with E-state index in [1.54, 1.807) is 6.92 Å². The highest BCUT2D eigenvalue weighted by Crippen LogP contribution is 2.60. The molecule has 0 amide bonds. The van der Waals surface area contributed by atoms with Crippen LogP contribution in [0, 0.1) is 4.77 Å². The Morgan fingerprint density at radius 1 is 1.25 bits per heavy atom. The van der Waals surface area contributed by atoms with Gasteiger partial charge in [-0.1, -0.05) is 6.92 Å². The van der Waals surface area contributed by atoms with Crippen molar-refractivity contribution in [3.8, 4) is 0 Å². The second kappa shape index (κ2) is 9.37. The molecule has 0 radical (unpaired) electrons. The molecular formula is C12H20N2O11P2S. The number of aliphatic hydroxyl groups excluding tert-OH is 2. The van der Waals surface area contributed by atoms with Crippen LogP contribution in [0.2, 0.25) is 0 Å². The number of nitrogens with one attached hydrogen (secondary N) is 1. The van der Waals surface area contributed by atoms with E-state index in [1.807, 2.05) is 0 Å². The molecule has 0 aliphatic carbocycles. The van der Waals surface area contributed by atoms with Crippen molar-refractivity contribution in [3.05, 3.63) is 27.4 Å². The van der Waals surface area contributed by atoms with Crippen molar-refractivity contribution in [1.29, 1.82) is 0 Å². The molecule has 0 aromatic carbocycles. The molecule has 1 aliphatic rings. The molecule has 0 saturated carbocycles. The minimum atomic E-state index is -5.05. The number of aromatic amines is 1. The smallest absolute Gasteiger partial charge is 0.387 e. The first-order valence-electron chi connectivity index (χ1n) is 7.95. The van der Waals surface area contributed by atoms with Crippen molar-refractivity contribution >= 4 is 27.9 Å². The zero-order valence-electron chi connectivity index (χ0n) is 14.5. The van der Waals surface area contributed by atoms with Crippen LogP contribution < -0.4 is 5.56 Å². The normalized spacial score (nSPS) is 29.3. The van der Waals surface area contributed by atoms with Gasteiger partial charge in [0, 0.05) is 12.3 Å². The zero-order valence-corrected chi connectivity index (χ0v) is 17.1. The van der Waals surface area contributed by atoms with Crippen LogP contribution >= 0.6 is 27.9 Å². The molecule has 160 valence electrons. The Kier molecular flexibility index (Phi) is 7.87. The Bertz CT molecular complexity index is 889. The number of ether oxygens (including phenoxy) is 1. The summed E-state index contributed by atoms with van der Waals surface area (Å²) in [6.45, 7) is 0.684. The number of phosphoric ester groups is 2. The molecule has 1 aromatic rings. The summed E-state index contributed by atoms with van der Waals surface area (Å²) in [4.78, 5) is 32.4. The van der Waals surface area contributed by atoms with Crippen LogP contribution in [0.25, 0.3) is 0 Å². The number of hydrogen-bond acceptors (Lipinski definition) is 10. The summed E-state index contributed by atoms with van der Waals surface area (Å²) in [5, 5.41) is 20.2.